The summed E-state index contributed by atoms with van der Waals surface area (Å²) in [5.41, 5.74) is 5.50. The summed E-state index contributed by atoms with van der Waals surface area (Å²) >= 11 is 0. The molecule has 2 aromatic rings. The van der Waals surface area contributed by atoms with Crippen molar-refractivity contribution in [3.05, 3.63) is 76.4 Å². The minimum atomic E-state index is -0.875. The molecule has 2 amide bonds. The summed E-state index contributed by atoms with van der Waals surface area (Å²) in [7, 11) is 2.14. The van der Waals surface area contributed by atoms with Gasteiger partial charge in [0.25, 0.3) is 11.6 Å². The Bertz CT molecular complexity index is 1360. The van der Waals surface area contributed by atoms with E-state index in [9.17, 15) is 24.8 Å². The number of imide groups is 1. The van der Waals surface area contributed by atoms with Crippen molar-refractivity contribution < 1.29 is 19.6 Å². The molecule has 2 aromatic carbocycles. The minimum absolute atomic E-state index is 0.0461. The Kier molecular flexibility index (Phi) is 11.6. The number of benzene rings is 2. The molecule has 2 fully saturated rings. The average Bonchev–Trinajstić information content (AvgIpc) is 3.32. The molecule has 0 aromatic heterocycles. The number of nitrogens with one attached hydrogen (secondary N) is 1. The van der Waals surface area contributed by atoms with Crippen molar-refractivity contribution >= 4 is 28.9 Å². The number of nitro benzene ring substituents is 1. The van der Waals surface area contributed by atoms with Crippen LogP contribution in [0.1, 0.15) is 89.0 Å². The van der Waals surface area contributed by atoms with Gasteiger partial charge in [0, 0.05) is 17.8 Å². The van der Waals surface area contributed by atoms with E-state index in [0.29, 0.717) is 23.7 Å². The zero-order valence-corrected chi connectivity index (χ0v) is 27.2. The molecule has 3 heterocycles. The van der Waals surface area contributed by atoms with E-state index in [1.165, 1.54) is 54.7 Å². The molecule has 46 heavy (non-hydrogen) atoms. The highest BCUT2D eigenvalue weighted by Crippen LogP contribution is 2.37. The first-order valence-corrected chi connectivity index (χ1v) is 17.1. The second kappa shape index (κ2) is 15.8. The molecule has 248 valence electrons. The van der Waals surface area contributed by atoms with Crippen LogP contribution in [0.5, 0.6) is 0 Å². The number of carbonyl (C=O) groups excluding carboxylic acids is 2. The Hall–Kier alpha value is -3.60. The number of carbonyl (C=O) groups is 2. The van der Waals surface area contributed by atoms with Crippen molar-refractivity contribution in [3.63, 3.8) is 0 Å². The van der Waals surface area contributed by atoms with Crippen molar-refractivity contribution in [1.82, 2.24) is 9.91 Å². The lowest BCUT2D eigenvalue weighted by atomic mass is 9.89. The third kappa shape index (κ3) is 7.85. The fourth-order valence-electron chi connectivity index (χ4n) is 7.08. The molecule has 2 unspecified atom stereocenters. The maximum atomic E-state index is 14.1. The van der Waals surface area contributed by atoms with Crippen LogP contribution in [0.2, 0.25) is 0 Å². The quantitative estimate of drug-likeness (QED) is 0.0760. The third-order valence-corrected chi connectivity index (χ3v) is 9.88. The van der Waals surface area contributed by atoms with Gasteiger partial charge in [-0.05, 0) is 75.1 Å². The molecule has 0 spiro atoms. The Labute approximate surface area is 272 Å². The predicted octanol–water partition coefficient (Wildman–Crippen LogP) is 6.42. The lowest BCUT2D eigenvalue weighted by Gasteiger charge is -2.40. The number of likely N-dealkylation sites (tertiary alicyclic amines) is 1. The molecule has 3 aliphatic heterocycles. The molecule has 4 atom stereocenters. The van der Waals surface area contributed by atoms with Gasteiger partial charge in [0.15, 0.2) is 0 Å². The topological polar surface area (TPSA) is 119 Å². The fraction of sp³-hybridized carbons (Fsp3) is 0.556. The second-order valence-corrected chi connectivity index (χ2v) is 13.2. The van der Waals surface area contributed by atoms with Gasteiger partial charge in [-0.15, -0.1) is 0 Å². The smallest absolute Gasteiger partial charge is 0.269 e. The Balaban J connectivity index is 1.31. The molecule has 2 N–H and O–H groups in total. The molecule has 0 radical (unpaired) electrons. The van der Waals surface area contributed by atoms with Crippen molar-refractivity contribution in [2.75, 3.05) is 30.5 Å². The molecule has 5 rings (SSSR count). The van der Waals surface area contributed by atoms with Crippen molar-refractivity contribution in [2.24, 2.45) is 5.92 Å². The highest BCUT2D eigenvalue weighted by molar-refractivity contribution is 6.24. The van der Waals surface area contributed by atoms with Crippen molar-refractivity contribution in [3.8, 4) is 0 Å². The molecule has 10 heteroatoms. The number of aliphatic hydroxyl groups excluding tert-OH is 1. The van der Waals surface area contributed by atoms with Gasteiger partial charge < -0.3 is 15.4 Å². The van der Waals surface area contributed by atoms with Gasteiger partial charge in [-0.3, -0.25) is 19.7 Å². The van der Waals surface area contributed by atoms with Crippen LogP contribution >= 0.6 is 0 Å². The van der Waals surface area contributed by atoms with E-state index in [1.807, 2.05) is 30.3 Å². The van der Waals surface area contributed by atoms with Crippen LogP contribution in [0.15, 0.2) is 60.7 Å². The number of nitro groups is 1. The zero-order chi connectivity index (χ0) is 32.6. The summed E-state index contributed by atoms with van der Waals surface area (Å²) in [6.45, 7) is 4.31. The highest BCUT2D eigenvalue weighted by atomic mass is 16.6. The van der Waals surface area contributed by atoms with Gasteiger partial charge in [0.2, 0.25) is 5.91 Å². The number of hydrazine groups is 1. The SMILES string of the molecule is CCCCCCCCCC[C@H](O)C1C=CC2C(=O)N(c3ccc(C4CCN(C)CC4)cc3)C(=O)[C@H]2N1Nc1ccc([N+](=O)[O-])cc1. The number of unbranched alkanes of at least 4 members (excludes halogenated alkanes) is 7. The second-order valence-electron chi connectivity index (χ2n) is 13.2. The number of rotatable bonds is 15. The van der Waals surface area contributed by atoms with Crippen LogP contribution in [0.3, 0.4) is 0 Å². The van der Waals surface area contributed by atoms with Crippen LogP contribution in [0.4, 0.5) is 17.1 Å². The van der Waals surface area contributed by atoms with E-state index < -0.39 is 29.0 Å². The van der Waals surface area contributed by atoms with Crippen molar-refractivity contribution in [2.45, 2.75) is 102 Å². The Morgan fingerprint density at radius 1 is 0.891 bits per heavy atom. The maximum absolute atomic E-state index is 14.1. The van der Waals surface area contributed by atoms with Gasteiger partial charge >= 0.3 is 0 Å². The molecule has 10 nitrogen and oxygen atoms in total. The van der Waals surface area contributed by atoms with Gasteiger partial charge in [-0.1, -0.05) is 82.6 Å². The number of nitrogens with zero attached hydrogens (tertiary/aromatic N) is 4. The van der Waals surface area contributed by atoms with Crippen LogP contribution in [0.25, 0.3) is 0 Å². The third-order valence-electron chi connectivity index (χ3n) is 9.88. The monoisotopic (exact) mass is 631 g/mol. The van der Waals surface area contributed by atoms with Gasteiger partial charge in [-0.25, -0.2) is 9.91 Å². The van der Waals surface area contributed by atoms with Crippen molar-refractivity contribution in [1.29, 1.82) is 0 Å². The molecule has 0 bridgehead atoms. The van der Waals surface area contributed by atoms with Gasteiger partial charge in [0.05, 0.1) is 28.7 Å². The largest absolute Gasteiger partial charge is 0.391 e. The lowest BCUT2D eigenvalue weighted by Crippen LogP contribution is -2.57. The molecule has 0 saturated carbocycles. The van der Waals surface area contributed by atoms with E-state index in [-0.39, 0.29) is 17.5 Å². The molecule has 2 saturated heterocycles. The molecule has 0 aliphatic carbocycles. The van der Waals surface area contributed by atoms with Gasteiger partial charge in [0.1, 0.15) is 6.04 Å². The summed E-state index contributed by atoms with van der Waals surface area (Å²) < 4.78 is 0. The first kappa shape index (κ1) is 33.8. The van der Waals surface area contributed by atoms with E-state index >= 15 is 0 Å². The zero-order valence-electron chi connectivity index (χ0n) is 27.2. The number of hydrogen-bond donors (Lipinski definition) is 2. The fourth-order valence-corrected chi connectivity index (χ4v) is 7.08. The predicted molar refractivity (Wildman–Crippen MR) is 180 cm³/mol. The summed E-state index contributed by atoms with van der Waals surface area (Å²) in [5.74, 6) is -0.918. The number of piperidine rings is 1. The number of fused-ring (bicyclic) bond motifs is 1. The number of hydrogen-bond acceptors (Lipinski definition) is 8. The van der Waals surface area contributed by atoms with Crippen LogP contribution < -0.4 is 10.3 Å². The van der Waals surface area contributed by atoms with Gasteiger partial charge in [-0.2, -0.15) is 0 Å². The minimum Gasteiger partial charge on any atom is -0.391 e. The van der Waals surface area contributed by atoms with E-state index in [2.05, 4.69) is 24.3 Å². The molecule has 3 aliphatic rings. The molecular weight excluding hydrogens is 582 g/mol. The number of aliphatic hydroxyl groups is 1. The van der Waals surface area contributed by atoms with Crippen LogP contribution in [0, 0.1) is 16.0 Å². The summed E-state index contributed by atoms with van der Waals surface area (Å²) in [6, 6.07) is 12.3. The van der Waals surface area contributed by atoms with E-state index in [0.717, 1.165) is 45.2 Å². The van der Waals surface area contributed by atoms with E-state index in [4.69, 9.17) is 0 Å². The Morgan fingerprint density at radius 3 is 2.15 bits per heavy atom. The summed E-state index contributed by atoms with van der Waals surface area (Å²) in [4.78, 5) is 42.2. The number of amides is 2. The first-order chi connectivity index (χ1) is 22.3. The maximum Gasteiger partial charge on any atom is 0.269 e. The summed E-state index contributed by atoms with van der Waals surface area (Å²) in [5, 5.41) is 24.3. The summed E-state index contributed by atoms with van der Waals surface area (Å²) in [6.07, 6.45) is 14.8. The average molecular weight is 632 g/mol. The Morgan fingerprint density at radius 2 is 1.52 bits per heavy atom. The van der Waals surface area contributed by atoms with Crippen LogP contribution in [-0.4, -0.2) is 70.1 Å². The standard InChI is InChI=1S/C36H49N5O5/c1-3-4-5-6-7-8-9-10-11-33(42)32-21-20-31-34(40(32)37-28-14-18-30(19-15-28)41(45)46)36(44)39(35(31)43)29-16-12-26(13-17-29)27-22-24-38(2)25-23-27/h12-21,27,31-34,37,42H,3-11,22-25H2,1-2H3/t31?,32?,33-,34-/m0/s1. The van der Waals surface area contributed by atoms with Crippen LogP contribution in [-0.2, 0) is 9.59 Å². The lowest BCUT2D eigenvalue weighted by molar-refractivity contribution is -0.384. The molecular formula is C36H49N5O5. The van der Waals surface area contributed by atoms with E-state index in [1.54, 1.807) is 23.2 Å². The highest BCUT2D eigenvalue weighted by Gasteiger charge is 2.54. The first-order valence-electron chi connectivity index (χ1n) is 17.1. The normalized spacial score (nSPS) is 23.1. The number of non-ortho nitro benzene ring substituents is 1. The number of anilines is 2.